The summed E-state index contributed by atoms with van der Waals surface area (Å²) < 4.78 is 0.409. The molecule has 0 aliphatic heterocycles. The van der Waals surface area contributed by atoms with Crippen molar-refractivity contribution in [2.75, 3.05) is 5.73 Å². The highest BCUT2D eigenvalue weighted by Crippen LogP contribution is 2.23. The van der Waals surface area contributed by atoms with E-state index >= 15 is 0 Å². The van der Waals surface area contributed by atoms with Crippen molar-refractivity contribution >= 4 is 29.1 Å². The lowest BCUT2D eigenvalue weighted by Crippen LogP contribution is -1.93. The number of nitrogen functional groups attached to an aromatic ring is 1. The third-order valence-electron chi connectivity index (χ3n) is 2.20. The standard InChI is InChI=1S/C8H10N4S/c1-3-4(2)10-7-5(3)6(9)11-8(13)12-7/h1-2H3,(H4,9,10,11,12,13). The minimum atomic E-state index is 0.409. The van der Waals surface area contributed by atoms with Crippen molar-refractivity contribution in [1.82, 2.24) is 15.0 Å². The molecule has 4 nitrogen and oxygen atoms in total. The van der Waals surface area contributed by atoms with Crippen LogP contribution < -0.4 is 5.73 Å². The Bertz CT molecular complexity index is 523. The first-order valence-corrected chi connectivity index (χ1v) is 4.35. The first kappa shape index (κ1) is 8.25. The monoisotopic (exact) mass is 194 g/mol. The number of nitrogens with two attached hydrogens (primary N) is 1. The van der Waals surface area contributed by atoms with Crippen molar-refractivity contribution in [3.8, 4) is 0 Å². The maximum Gasteiger partial charge on any atom is 0.200 e. The molecule has 0 unspecified atom stereocenters. The number of aryl methyl sites for hydroxylation is 2. The lowest BCUT2D eigenvalue weighted by molar-refractivity contribution is 1.16. The molecule has 0 fully saturated rings. The van der Waals surface area contributed by atoms with Crippen LogP contribution in [0.3, 0.4) is 0 Å². The number of aromatic nitrogens is 3. The molecule has 0 spiro atoms. The summed E-state index contributed by atoms with van der Waals surface area (Å²) in [7, 11) is 0. The van der Waals surface area contributed by atoms with Crippen molar-refractivity contribution in [3.63, 3.8) is 0 Å². The molecule has 68 valence electrons. The summed E-state index contributed by atoms with van der Waals surface area (Å²) in [5, 5.41) is 0.936. The van der Waals surface area contributed by atoms with Crippen molar-refractivity contribution < 1.29 is 0 Å². The summed E-state index contributed by atoms with van der Waals surface area (Å²) in [5.74, 6) is 0.580. The molecule has 0 atom stereocenters. The zero-order valence-electron chi connectivity index (χ0n) is 7.43. The fourth-order valence-electron chi connectivity index (χ4n) is 1.42. The normalized spacial score (nSPS) is 10.9. The third-order valence-corrected chi connectivity index (χ3v) is 2.40. The molecule has 2 rings (SSSR count). The van der Waals surface area contributed by atoms with E-state index in [4.69, 9.17) is 18.0 Å². The zero-order chi connectivity index (χ0) is 9.59. The minimum Gasteiger partial charge on any atom is -0.385 e. The lowest BCUT2D eigenvalue weighted by Gasteiger charge is -1.96. The topological polar surface area (TPSA) is 70.5 Å². The number of nitrogens with zero attached hydrogens (tertiary/aromatic N) is 1. The quantitative estimate of drug-likeness (QED) is 0.560. The van der Waals surface area contributed by atoms with Crippen LogP contribution in [-0.2, 0) is 0 Å². The highest BCUT2D eigenvalue weighted by atomic mass is 32.1. The average molecular weight is 194 g/mol. The summed E-state index contributed by atoms with van der Waals surface area (Å²) >= 11 is 4.91. The van der Waals surface area contributed by atoms with Crippen molar-refractivity contribution in [2.24, 2.45) is 0 Å². The van der Waals surface area contributed by atoms with Gasteiger partial charge in [-0.2, -0.15) is 0 Å². The SMILES string of the molecule is Cc1[nH]c2nc(=S)[nH]c(N)c2c1C. The van der Waals surface area contributed by atoms with Gasteiger partial charge in [0.2, 0.25) is 0 Å². The van der Waals surface area contributed by atoms with Crippen LogP contribution in [0.4, 0.5) is 5.82 Å². The van der Waals surface area contributed by atoms with E-state index in [1.54, 1.807) is 0 Å². The Morgan fingerprint density at radius 2 is 2.00 bits per heavy atom. The second-order valence-electron chi connectivity index (χ2n) is 3.05. The molecule has 2 aromatic rings. The molecule has 13 heavy (non-hydrogen) atoms. The fraction of sp³-hybridized carbons (Fsp3) is 0.250. The van der Waals surface area contributed by atoms with E-state index < -0.39 is 0 Å². The highest BCUT2D eigenvalue weighted by Gasteiger charge is 2.08. The Morgan fingerprint density at radius 1 is 1.31 bits per heavy atom. The van der Waals surface area contributed by atoms with E-state index in [0.29, 0.717) is 10.6 Å². The first-order chi connectivity index (χ1) is 6.09. The van der Waals surface area contributed by atoms with Gasteiger partial charge in [0, 0.05) is 5.69 Å². The smallest absolute Gasteiger partial charge is 0.200 e. The molecule has 0 saturated carbocycles. The molecule has 0 bridgehead atoms. The zero-order valence-corrected chi connectivity index (χ0v) is 8.25. The van der Waals surface area contributed by atoms with Gasteiger partial charge in [-0.25, -0.2) is 4.98 Å². The summed E-state index contributed by atoms with van der Waals surface area (Å²) in [5.41, 5.74) is 8.74. The summed E-state index contributed by atoms with van der Waals surface area (Å²) in [6.45, 7) is 3.99. The predicted molar refractivity (Wildman–Crippen MR) is 55.2 cm³/mol. The van der Waals surface area contributed by atoms with Gasteiger partial charge in [0.1, 0.15) is 11.5 Å². The van der Waals surface area contributed by atoms with E-state index in [1.165, 1.54) is 0 Å². The number of aromatic amines is 2. The molecule has 2 aromatic heterocycles. The maximum absolute atomic E-state index is 5.79. The Hall–Kier alpha value is -1.36. The minimum absolute atomic E-state index is 0.409. The number of H-pyrrole nitrogens is 2. The summed E-state index contributed by atoms with van der Waals surface area (Å²) in [4.78, 5) is 10.1. The van der Waals surface area contributed by atoms with Gasteiger partial charge in [-0.3, -0.25) is 0 Å². The molecule has 0 aromatic carbocycles. The highest BCUT2D eigenvalue weighted by molar-refractivity contribution is 7.71. The molecule has 0 amide bonds. The average Bonchev–Trinajstić information content (AvgIpc) is 2.27. The van der Waals surface area contributed by atoms with Gasteiger partial charge in [0.05, 0.1) is 5.39 Å². The maximum atomic E-state index is 5.79. The van der Waals surface area contributed by atoms with E-state index in [9.17, 15) is 0 Å². The van der Waals surface area contributed by atoms with E-state index in [2.05, 4.69) is 15.0 Å². The molecule has 0 aliphatic carbocycles. The van der Waals surface area contributed by atoms with Crippen molar-refractivity contribution in [1.29, 1.82) is 0 Å². The first-order valence-electron chi connectivity index (χ1n) is 3.94. The Kier molecular flexibility index (Phi) is 1.63. The molecular weight excluding hydrogens is 184 g/mol. The molecule has 4 N–H and O–H groups in total. The molecule has 0 aliphatic rings. The van der Waals surface area contributed by atoms with Gasteiger partial charge in [0.15, 0.2) is 4.77 Å². The van der Waals surface area contributed by atoms with Crippen LogP contribution in [0.5, 0.6) is 0 Å². The number of fused-ring (bicyclic) bond motifs is 1. The summed E-state index contributed by atoms with van der Waals surface area (Å²) in [6, 6.07) is 0. The van der Waals surface area contributed by atoms with E-state index in [0.717, 1.165) is 22.3 Å². The van der Waals surface area contributed by atoms with Crippen LogP contribution in [0.15, 0.2) is 0 Å². The van der Waals surface area contributed by atoms with Crippen LogP contribution in [0.25, 0.3) is 11.0 Å². The van der Waals surface area contributed by atoms with Gasteiger partial charge < -0.3 is 15.7 Å². The predicted octanol–water partition coefficient (Wildman–Crippen LogP) is 1.82. The number of nitrogens with one attached hydrogen (secondary N) is 2. The molecule has 0 radical (unpaired) electrons. The lowest BCUT2D eigenvalue weighted by atomic mass is 10.2. The Labute approximate surface area is 80.2 Å². The Balaban J connectivity index is 3.03. The molecule has 2 heterocycles. The second-order valence-corrected chi connectivity index (χ2v) is 3.44. The van der Waals surface area contributed by atoms with Gasteiger partial charge in [0.25, 0.3) is 0 Å². The van der Waals surface area contributed by atoms with Crippen LogP contribution >= 0.6 is 12.2 Å². The van der Waals surface area contributed by atoms with Crippen LogP contribution in [0.2, 0.25) is 0 Å². The summed E-state index contributed by atoms with van der Waals surface area (Å²) in [6.07, 6.45) is 0. The molecule has 5 heteroatoms. The van der Waals surface area contributed by atoms with Crippen LogP contribution in [0.1, 0.15) is 11.3 Å². The molecule has 0 saturated heterocycles. The fourth-order valence-corrected chi connectivity index (χ4v) is 1.62. The molecular formula is C8H10N4S. The van der Waals surface area contributed by atoms with Crippen LogP contribution in [0, 0.1) is 18.6 Å². The number of hydrogen-bond donors (Lipinski definition) is 3. The van der Waals surface area contributed by atoms with Crippen molar-refractivity contribution in [3.05, 3.63) is 16.0 Å². The van der Waals surface area contributed by atoms with Gasteiger partial charge in [-0.1, -0.05) is 0 Å². The van der Waals surface area contributed by atoms with Gasteiger partial charge >= 0.3 is 0 Å². The number of rotatable bonds is 0. The number of hydrogen-bond acceptors (Lipinski definition) is 3. The largest absolute Gasteiger partial charge is 0.385 e. The van der Waals surface area contributed by atoms with Crippen LogP contribution in [-0.4, -0.2) is 15.0 Å². The van der Waals surface area contributed by atoms with E-state index in [1.807, 2.05) is 13.8 Å². The van der Waals surface area contributed by atoms with Gasteiger partial charge in [-0.05, 0) is 31.6 Å². The second kappa shape index (κ2) is 2.56. The third kappa shape index (κ3) is 1.12. The van der Waals surface area contributed by atoms with Gasteiger partial charge in [-0.15, -0.1) is 0 Å². The number of anilines is 1. The Morgan fingerprint density at radius 3 is 2.69 bits per heavy atom. The van der Waals surface area contributed by atoms with Crippen molar-refractivity contribution in [2.45, 2.75) is 13.8 Å². The van der Waals surface area contributed by atoms with E-state index in [-0.39, 0.29) is 0 Å².